The van der Waals surface area contributed by atoms with Crippen LogP contribution in [0, 0.1) is 0 Å². The molecule has 33 heavy (non-hydrogen) atoms. The van der Waals surface area contributed by atoms with Gasteiger partial charge in [0.25, 0.3) is 11.3 Å². The minimum Gasteiger partial charge on any atom is -0.490 e. The van der Waals surface area contributed by atoms with Crippen molar-refractivity contribution in [2.75, 3.05) is 17.5 Å². The maximum atomic E-state index is 12.1. The van der Waals surface area contributed by atoms with Gasteiger partial charge in [0, 0.05) is 0 Å². The lowest BCUT2D eigenvalue weighted by atomic mass is 10.1. The molecule has 0 bridgehead atoms. The SMILES string of the molecule is O=C(O)c1ccccc1OCCOc1ccc(N(c2ccc3ccccc3c2)S(=O)O)cc1. The van der Waals surface area contributed by atoms with Crippen LogP contribution in [0.15, 0.2) is 91.0 Å². The van der Waals surface area contributed by atoms with Crippen LogP contribution in [0.2, 0.25) is 0 Å². The first-order chi connectivity index (χ1) is 16.0. The van der Waals surface area contributed by atoms with Gasteiger partial charge in [-0.15, -0.1) is 0 Å². The lowest BCUT2D eigenvalue weighted by Crippen LogP contribution is -2.19. The molecule has 7 nitrogen and oxygen atoms in total. The minimum absolute atomic E-state index is 0.0904. The van der Waals surface area contributed by atoms with Crippen molar-refractivity contribution in [3.8, 4) is 11.5 Å². The second kappa shape index (κ2) is 10.2. The second-order valence-electron chi connectivity index (χ2n) is 7.05. The number of anilines is 2. The minimum atomic E-state index is -2.26. The van der Waals surface area contributed by atoms with Gasteiger partial charge in [0.1, 0.15) is 30.3 Å². The molecule has 1 unspecified atom stereocenters. The summed E-state index contributed by atoms with van der Waals surface area (Å²) in [5, 5.41) is 11.2. The van der Waals surface area contributed by atoms with Crippen LogP contribution < -0.4 is 13.8 Å². The number of para-hydroxylation sites is 1. The third-order valence-electron chi connectivity index (χ3n) is 4.92. The fourth-order valence-electron chi connectivity index (χ4n) is 3.39. The van der Waals surface area contributed by atoms with Gasteiger partial charge in [-0.2, -0.15) is 0 Å². The fraction of sp³-hybridized carbons (Fsp3) is 0.0800. The van der Waals surface area contributed by atoms with E-state index in [4.69, 9.17) is 9.47 Å². The molecule has 4 rings (SSSR count). The number of carboxylic acid groups (broad SMARTS) is 1. The zero-order valence-corrected chi connectivity index (χ0v) is 18.3. The van der Waals surface area contributed by atoms with Crippen molar-refractivity contribution in [3.63, 3.8) is 0 Å². The number of benzene rings is 4. The molecule has 0 aliphatic rings. The standard InChI is InChI=1S/C25H21NO6S/c27-25(28)23-7-3-4-8-24(23)32-16-15-31-22-13-11-20(12-14-22)26(33(29)30)21-10-9-18-5-1-2-6-19(18)17-21/h1-14,17H,15-16H2,(H,27,28)(H,29,30). The number of nitrogens with zero attached hydrogens (tertiary/aromatic N) is 1. The third-order valence-corrected chi connectivity index (χ3v) is 5.66. The van der Waals surface area contributed by atoms with Gasteiger partial charge in [-0.25, -0.2) is 13.3 Å². The van der Waals surface area contributed by atoms with E-state index in [9.17, 15) is 18.7 Å². The summed E-state index contributed by atoms with van der Waals surface area (Å²) in [6.45, 7) is 0.365. The first-order valence-electron chi connectivity index (χ1n) is 10.1. The van der Waals surface area contributed by atoms with Crippen molar-refractivity contribution in [1.82, 2.24) is 0 Å². The summed E-state index contributed by atoms with van der Waals surface area (Å²) in [4.78, 5) is 11.2. The number of fused-ring (bicyclic) bond motifs is 1. The Morgan fingerprint density at radius 1 is 0.788 bits per heavy atom. The Morgan fingerprint density at radius 2 is 1.42 bits per heavy atom. The monoisotopic (exact) mass is 463 g/mol. The molecule has 168 valence electrons. The third kappa shape index (κ3) is 5.31. The Bertz CT molecular complexity index is 1290. The van der Waals surface area contributed by atoms with E-state index in [0.29, 0.717) is 17.1 Å². The topological polar surface area (TPSA) is 96.3 Å². The van der Waals surface area contributed by atoms with Crippen LogP contribution in [0.5, 0.6) is 11.5 Å². The molecular weight excluding hydrogens is 442 g/mol. The van der Waals surface area contributed by atoms with Crippen molar-refractivity contribution in [1.29, 1.82) is 0 Å². The van der Waals surface area contributed by atoms with Crippen molar-refractivity contribution in [2.45, 2.75) is 0 Å². The van der Waals surface area contributed by atoms with Gasteiger partial charge >= 0.3 is 5.97 Å². The quantitative estimate of drug-likeness (QED) is 0.259. The van der Waals surface area contributed by atoms with Gasteiger partial charge < -0.3 is 14.6 Å². The number of aromatic carboxylic acids is 1. The number of carbonyl (C=O) groups is 1. The second-order valence-corrected chi connectivity index (χ2v) is 7.88. The van der Waals surface area contributed by atoms with Crippen molar-refractivity contribution >= 4 is 39.4 Å². The summed E-state index contributed by atoms with van der Waals surface area (Å²) in [6, 6.07) is 26.5. The summed E-state index contributed by atoms with van der Waals surface area (Å²) in [7, 11) is 0. The van der Waals surface area contributed by atoms with Gasteiger partial charge in [0.05, 0.1) is 11.4 Å². The van der Waals surface area contributed by atoms with E-state index >= 15 is 0 Å². The van der Waals surface area contributed by atoms with Crippen LogP contribution in [0.25, 0.3) is 10.8 Å². The van der Waals surface area contributed by atoms with E-state index in [1.54, 1.807) is 48.5 Å². The molecule has 0 radical (unpaired) electrons. The van der Waals surface area contributed by atoms with Crippen LogP contribution in [0.4, 0.5) is 11.4 Å². The zero-order valence-electron chi connectivity index (χ0n) is 17.5. The maximum absolute atomic E-state index is 12.1. The molecule has 0 saturated carbocycles. The first-order valence-corrected chi connectivity index (χ1v) is 11.2. The molecule has 1 atom stereocenters. The predicted octanol–water partition coefficient (Wildman–Crippen LogP) is 5.27. The fourth-order valence-corrected chi connectivity index (χ4v) is 3.99. The van der Waals surface area contributed by atoms with Gasteiger partial charge in [-0.3, -0.25) is 4.55 Å². The van der Waals surface area contributed by atoms with E-state index in [1.807, 2.05) is 36.4 Å². The highest BCUT2D eigenvalue weighted by molar-refractivity contribution is 7.81. The molecule has 0 aliphatic carbocycles. The highest BCUT2D eigenvalue weighted by Gasteiger charge is 2.16. The van der Waals surface area contributed by atoms with Crippen molar-refractivity contribution in [3.05, 3.63) is 96.6 Å². The first kappa shape index (κ1) is 22.3. The van der Waals surface area contributed by atoms with Crippen molar-refractivity contribution in [2.24, 2.45) is 0 Å². The molecule has 0 amide bonds. The Labute approximate surface area is 193 Å². The molecule has 8 heteroatoms. The Morgan fingerprint density at radius 3 is 2.15 bits per heavy atom. The average molecular weight is 464 g/mol. The molecule has 0 aliphatic heterocycles. The van der Waals surface area contributed by atoms with Crippen LogP contribution in [0.1, 0.15) is 10.4 Å². The van der Waals surface area contributed by atoms with Gasteiger partial charge in [0.15, 0.2) is 0 Å². The van der Waals surface area contributed by atoms with Crippen molar-refractivity contribution < 1.29 is 28.1 Å². The lowest BCUT2D eigenvalue weighted by molar-refractivity contribution is 0.0691. The smallest absolute Gasteiger partial charge is 0.339 e. The number of hydrogen-bond donors (Lipinski definition) is 2. The highest BCUT2D eigenvalue weighted by atomic mass is 32.2. The van der Waals surface area contributed by atoms with E-state index in [0.717, 1.165) is 10.8 Å². The van der Waals surface area contributed by atoms with E-state index in [-0.39, 0.29) is 24.5 Å². The predicted molar refractivity (Wildman–Crippen MR) is 128 cm³/mol. The Hall–Kier alpha value is -3.88. The molecule has 0 saturated heterocycles. The maximum Gasteiger partial charge on any atom is 0.339 e. The highest BCUT2D eigenvalue weighted by Crippen LogP contribution is 2.31. The summed E-state index contributed by atoms with van der Waals surface area (Å²) >= 11 is -2.26. The van der Waals surface area contributed by atoms with Crippen LogP contribution in [0.3, 0.4) is 0 Å². The molecule has 0 spiro atoms. The molecule has 0 heterocycles. The van der Waals surface area contributed by atoms with Gasteiger partial charge in [-0.05, 0) is 59.3 Å². The summed E-state index contributed by atoms with van der Waals surface area (Å²) < 4.78 is 34.5. The number of carboxylic acids is 1. The van der Waals surface area contributed by atoms with Crippen LogP contribution in [-0.4, -0.2) is 33.1 Å². The Kier molecular flexibility index (Phi) is 6.87. The molecule has 0 fully saturated rings. The summed E-state index contributed by atoms with van der Waals surface area (Å²) in [6.07, 6.45) is 0. The van der Waals surface area contributed by atoms with Gasteiger partial charge in [-0.1, -0.05) is 42.5 Å². The number of rotatable bonds is 9. The average Bonchev–Trinajstić information content (AvgIpc) is 2.83. The molecule has 4 aromatic carbocycles. The molecule has 0 aromatic heterocycles. The van der Waals surface area contributed by atoms with Crippen LogP contribution in [-0.2, 0) is 11.3 Å². The van der Waals surface area contributed by atoms with Crippen LogP contribution >= 0.6 is 0 Å². The normalized spacial score (nSPS) is 11.7. The summed E-state index contributed by atoms with van der Waals surface area (Å²) in [5.74, 6) is -0.226. The lowest BCUT2D eigenvalue weighted by Gasteiger charge is -2.21. The molecular formula is C25H21NO6S. The molecule has 2 N–H and O–H groups in total. The van der Waals surface area contributed by atoms with E-state index in [2.05, 4.69) is 0 Å². The molecule has 4 aromatic rings. The van der Waals surface area contributed by atoms with Gasteiger partial charge in [0.2, 0.25) is 0 Å². The summed E-state index contributed by atoms with van der Waals surface area (Å²) in [5.41, 5.74) is 1.21. The van der Waals surface area contributed by atoms with E-state index < -0.39 is 17.2 Å². The van der Waals surface area contributed by atoms with E-state index in [1.165, 1.54) is 10.4 Å². The Balaban J connectivity index is 1.41. The largest absolute Gasteiger partial charge is 0.490 e. The number of hydrogen-bond acceptors (Lipinski definition) is 4. The number of ether oxygens (including phenoxy) is 2. The zero-order chi connectivity index (χ0) is 23.2.